The van der Waals surface area contributed by atoms with Crippen LogP contribution in [0, 0.1) is 0 Å². The van der Waals surface area contributed by atoms with Gasteiger partial charge >= 0.3 is 6.18 Å². The molecule has 11 heteroatoms. The van der Waals surface area contributed by atoms with Crippen LogP contribution in [0.25, 0.3) is 11.5 Å². The van der Waals surface area contributed by atoms with E-state index in [4.69, 9.17) is 16.0 Å². The quantitative estimate of drug-likeness (QED) is 0.449. The minimum atomic E-state index is -4.54. The minimum Gasteiger partial charge on any atom is -0.411 e. The van der Waals surface area contributed by atoms with E-state index in [1.807, 2.05) is 18.2 Å². The van der Waals surface area contributed by atoms with Crippen molar-refractivity contribution < 1.29 is 22.4 Å². The van der Waals surface area contributed by atoms with Gasteiger partial charge in [0.15, 0.2) is 0 Å². The van der Waals surface area contributed by atoms with Crippen molar-refractivity contribution in [1.29, 1.82) is 0 Å². The van der Waals surface area contributed by atoms with E-state index in [0.717, 1.165) is 34.4 Å². The molecule has 146 valence electrons. The Morgan fingerprint density at radius 1 is 1.21 bits per heavy atom. The van der Waals surface area contributed by atoms with Crippen LogP contribution in [0.4, 0.5) is 18.9 Å². The van der Waals surface area contributed by atoms with E-state index >= 15 is 0 Å². The SMILES string of the molecule is O=C(CSc1nnc(-c2ccccc2Br)o1)Nc1cc(C(F)(F)F)ccc1Cl. The normalized spacial score (nSPS) is 11.5. The van der Waals surface area contributed by atoms with Gasteiger partial charge in [-0.2, -0.15) is 13.2 Å². The van der Waals surface area contributed by atoms with Crippen LogP contribution in [-0.2, 0) is 11.0 Å². The molecule has 0 aliphatic heterocycles. The lowest BCUT2D eigenvalue weighted by atomic mass is 10.2. The first-order chi connectivity index (χ1) is 13.2. The van der Waals surface area contributed by atoms with E-state index < -0.39 is 17.6 Å². The van der Waals surface area contributed by atoms with Crippen LogP contribution in [0.5, 0.6) is 0 Å². The van der Waals surface area contributed by atoms with E-state index in [1.165, 1.54) is 0 Å². The Morgan fingerprint density at radius 3 is 2.68 bits per heavy atom. The van der Waals surface area contributed by atoms with Gasteiger partial charge in [-0.25, -0.2) is 0 Å². The molecule has 2 aromatic carbocycles. The van der Waals surface area contributed by atoms with Crippen LogP contribution >= 0.6 is 39.3 Å². The van der Waals surface area contributed by atoms with Crippen LogP contribution in [0.1, 0.15) is 5.56 Å². The van der Waals surface area contributed by atoms with Gasteiger partial charge in [0.05, 0.1) is 27.6 Å². The van der Waals surface area contributed by atoms with E-state index in [2.05, 4.69) is 31.4 Å². The molecule has 0 saturated heterocycles. The summed E-state index contributed by atoms with van der Waals surface area (Å²) in [5.74, 6) is -0.437. The largest absolute Gasteiger partial charge is 0.416 e. The molecule has 3 aromatic rings. The number of hydrogen-bond acceptors (Lipinski definition) is 5. The second kappa shape index (κ2) is 8.54. The van der Waals surface area contributed by atoms with Crippen molar-refractivity contribution in [3.05, 3.63) is 57.5 Å². The summed E-state index contributed by atoms with van der Waals surface area (Å²) in [6.07, 6.45) is -4.54. The molecule has 1 aromatic heterocycles. The Balaban J connectivity index is 1.63. The Hall–Kier alpha value is -2.04. The van der Waals surface area contributed by atoms with Crippen LogP contribution in [-0.4, -0.2) is 21.9 Å². The lowest BCUT2D eigenvalue weighted by Crippen LogP contribution is -2.15. The number of carbonyl (C=O) groups is 1. The Bertz CT molecular complexity index is 1010. The molecule has 0 spiro atoms. The van der Waals surface area contributed by atoms with Crippen LogP contribution in [0.3, 0.4) is 0 Å². The number of benzene rings is 2. The monoisotopic (exact) mass is 491 g/mol. The summed E-state index contributed by atoms with van der Waals surface area (Å²) < 4.78 is 44.6. The fourth-order valence-electron chi connectivity index (χ4n) is 2.12. The maximum atomic E-state index is 12.8. The standard InChI is InChI=1S/C17H10BrClF3N3O2S/c18-11-4-2-1-3-10(11)15-24-25-16(27-15)28-8-14(26)23-13-7-9(17(20,21)22)5-6-12(13)19/h1-7H,8H2,(H,23,26). The highest BCUT2D eigenvalue weighted by atomic mass is 79.9. The number of amides is 1. The first-order valence-corrected chi connectivity index (χ1v) is 9.77. The molecule has 3 rings (SSSR count). The van der Waals surface area contributed by atoms with Gasteiger partial charge in [-0.3, -0.25) is 4.79 Å². The number of nitrogens with one attached hydrogen (secondary N) is 1. The summed E-state index contributed by atoms with van der Waals surface area (Å²) in [5.41, 5.74) is -0.335. The van der Waals surface area contributed by atoms with E-state index in [1.54, 1.807) is 6.07 Å². The highest BCUT2D eigenvalue weighted by Crippen LogP contribution is 2.34. The summed E-state index contributed by atoms with van der Waals surface area (Å²) in [5, 5.41) is 10.3. The van der Waals surface area contributed by atoms with Crippen molar-refractivity contribution in [3.8, 4) is 11.5 Å². The maximum Gasteiger partial charge on any atom is 0.416 e. The number of aromatic nitrogens is 2. The number of anilines is 1. The average Bonchev–Trinajstić information content (AvgIpc) is 3.10. The van der Waals surface area contributed by atoms with Crippen LogP contribution in [0.15, 0.2) is 56.6 Å². The summed E-state index contributed by atoms with van der Waals surface area (Å²) >= 11 is 10.2. The van der Waals surface area contributed by atoms with Gasteiger partial charge in [0.2, 0.25) is 11.8 Å². The smallest absolute Gasteiger partial charge is 0.411 e. The molecule has 0 atom stereocenters. The van der Waals surface area contributed by atoms with Gasteiger partial charge in [-0.15, -0.1) is 10.2 Å². The summed E-state index contributed by atoms with van der Waals surface area (Å²) in [7, 11) is 0. The third kappa shape index (κ3) is 5.06. The predicted octanol–water partition coefficient (Wildman–Crippen LogP) is 5.90. The first kappa shape index (κ1) is 20.7. The molecular weight excluding hydrogens is 483 g/mol. The van der Waals surface area contributed by atoms with Gasteiger partial charge in [0, 0.05) is 4.47 Å². The second-order valence-corrected chi connectivity index (χ2v) is 7.57. The van der Waals surface area contributed by atoms with Gasteiger partial charge in [-0.05, 0) is 46.3 Å². The van der Waals surface area contributed by atoms with Crippen molar-refractivity contribution >= 4 is 50.9 Å². The van der Waals surface area contributed by atoms with Crippen LogP contribution in [0.2, 0.25) is 5.02 Å². The molecule has 0 unspecified atom stereocenters. The number of rotatable bonds is 5. The zero-order valence-corrected chi connectivity index (χ0v) is 16.9. The van der Waals surface area contributed by atoms with Crippen molar-refractivity contribution in [2.24, 2.45) is 0 Å². The number of thioether (sulfide) groups is 1. The molecule has 0 aliphatic rings. The topological polar surface area (TPSA) is 68.0 Å². The van der Waals surface area contributed by atoms with E-state index in [9.17, 15) is 18.0 Å². The van der Waals surface area contributed by atoms with Crippen molar-refractivity contribution in [1.82, 2.24) is 10.2 Å². The molecule has 1 N–H and O–H groups in total. The van der Waals surface area contributed by atoms with E-state index in [0.29, 0.717) is 5.56 Å². The lowest BCUT2D eigenvalue weighted by molar-refractivity contribution is -0.137. The molecule has 0 fully saturated rings. The summed E-state index contributed by atoms with van der Waals surface area (Å²) in [4.78, 5) is 12.1. The average molecular weight is 493 g/mol. The number of halogens is 5. The molecule has 1 amide bonds. The third-order valence-electron chi connectivity index (χ3n) is 3.41. The van der Waals surface area contributed by atoms with Gasteiger partial charge in [0.1, 0.15) is 0 Å². The summed E-state index contributed by atoms with van der Waals surface area (Å²) in [6.45, 7) is 0. The van der Waals surface area contributed by atoms with E-state index in [-0.39, 0.29) is 27.6 Å². The predicted molar refractivity (Wildman–Crippen MR) is 103 cm³/mol. The second-order valence-electron chi connectivity index (χ2n) is 5.38. The number of nitrogens with zero attached hydrogens (tertiary/aromatic N) is 2. The van der Waals surface area contributed by atoms with Gasteiger partial charge in [-0.1, -0.05) is 35.5 Å². The first-order valence-electron chi connectivity index (χ1n) is 7.62. The molecule has 0 radical (unpaired) electrons. The Kier molecular flexibility index (Phi) is 6.31. The zero-order chi connectivity index (χ0) is 20.3. The Morgan fingerprint density at radius 2 is 1.96 bits per heavy atom. The van der Waals surface area contributed by atoms with Gasteiger partial charge < -0.3 is 9.73 Å². The Labute approximate surface area is 174 Å². The molecule has 1 heterocycles. The molecule has 28 heavy (non-hydrogen) atoms. The molecule has 0 aliphatic carbocycles. The minimum absolute atomic E-state index is 0.000328. The van der Waals surface area contributed by atoms with Crippen molar-refractivity contribution in [2.45, 2.75) is 11.4 Å². The maximum absolute atomic E-state index is 12.8. The number of carbonyl (C=O) groups excluding carboxylic acids is 1. The highest BCUT2D eigenvalue weighted by molar-refractivity contribution is 9.10. The van der Waals surface area contributed by atoms with Crippen molar-refractivity contribution in [3.63, 3.8) is 0 Å². The number of hydrogen-bond donors (Lipinski definition) is 1. The number of alkyl halides is 3. The fraction of sp³-hybridized carbons (Fsp3) is 0.118. The van der Waals surface area contributed by atoms with Crippen LogP contribution < -0.4 is 5.32 Å². The third-order valence-corrected chi connectivity index (χ3v) is 5.24. The molecule has 0 saturated carbocycles. The van der Waals surface area contributed by atoms with Gasteiger partial charge in [0.25, 0.3) is 5.22 Å². The molecular formula is C17H10BrClF3N3O2S. The lowest BCUT2D eigenvalue weighted by Gasteiger charge is -2.11. The molecule has 0 bridgehead atoms. The molecule has 5 nitrogen and oxygen atoms in total. The summed E-state index contributed by atoms with van der Waals surface area (Å²) in [6, 6.07) is 9.95. The highest BCUT2D eigenvalue weighted by Gasteiger charge is 2.31. The fourth-order valence-corrected chi connectivity index (χ4v) is 3.30. The van der Waals surface area contributed by atoms with Crippen molar-refractivity contribution in [2.75, 3.05) is 11.1 Å². The zero-order valence-electron chi connectivity index (χ0n) is 13.8.